The Bertz CT molecular complexity index is 1240. The molecule has 0 aliphatic rings. The third kappa shape index (κ3) is 6.32. The third-order valence-corrected chi connectivity index (χ3v) is 5.65. The zero-order valence-electron chi connectivity index (χ0n) is 19.6. The lowest BCUT2D eigenvalue weighted by Crippen LogP contribution is -2.09. The second kappa shape index (κ2) is 11.4. The van der Waals surface area contributed by atoms with Gasteiger partial charge in [0.2, 0.25) is 10.9 Å². The molecule has 0 radical (unpaired) electrons. The van der Waals surface area contributed by atoms with Crippen molar-refractivity contribution in [2.45, 2.75) is 44.2 Å². The number of nitrogens with zero attached hydrogens (tertiary/aromatic N) is 6. The van der Waals surface area contributed by atoms with Crippen molar-refractivity contribution in [1.82, 2.24) is 14.9 Å². The summed E-state index contributed by atoms with van der Waals surface area (Å²) in [5.41, 5.74) is 1.10. The van der Waals surface area contributed by atoms with Crippen LogP contribution in [0.4, 0.5) is 11.4 Å². The second-order valence-electron chi connectivity index (χ2n) is 7.52. The fourth-order valence-electron chi connectivity index (χ4n) is 3.03. The molecule has 0 fully saturated rings. The van der Waals surface area contributed by atoms with Crippen molar-refractivity contribution in [3.63, 3.8) is 0 Å². The summed E-state index contributed by atoms with van der Waals surface area (Å²) in [6, 6.07) is 9.23. The summed E-state index contributed by atoms with van der Waals surface area (Å²) in [6.07, 6.45) is 1.75. The van der Waals surface area contributed by atoms with Crippen molar-refractivity contribution in [2.75, 3.05) is 7.11 Å². The number of aryl methyl sites for hydroxylation is 1. The highest BCUT2D eigenvalue weighted by molar-refractivity contribution is 7.98. The Morgan fingerprint density at radius 2 is 1.86 bits per heavy atom. The molecule has 3 rings (SSSR count). The van der Waals surface area contributed by atoms with E-state index in [1.165, 1.54) is 43.3 Å². The number of hydrogen-bond donors (Lipinski definition) is 0. The van der Waals surface area contributed by atoms with Crippen LogP contribution in [-0.4, -0.2) is 44.1 Å². The molecule has 2 aromatic carbocycles. The average Bonchev–Trinajstić information content (AvgIpc) is 3.23. The molecule has 35 heavy (non-hydrogen) atoms. The van der Waals surface area contributed by atoms with Gasteiger partial charge in [-0.1, -0.05) is 30.8 Å². The predicted octanol–water partition coefficient (Wildman–Crippen LogP) is 4.63. The van der Waals surface area contributed by atoms with Gasteiger partial charge in [0.1, 0.15) is 0 Å². The summed E-state index contributed by atoms with van der Waals surface area (Å²) in [5, 5.41) is 35.8. The number of non-ortho nitro benzene ring substituents is 1. The molecule has 0 aliphatic heterocycles. The summed E-state index contributed by atoms with van der Waals surface area (Å²) in [5.74, 6) is 1.38. The fraction of sp³-hybridized carbons (Fsp3) is 0.318. The minimum absolute atomic E-state index is 0.0223. The first-order chi connectivity index (χ1) is 16.7. The molecule has 0 unspecified atom stereocenters. The Kier molecular flexibility index (Phi) is 8.36. The van der Waals surface area contributed by atoms with Crippen LogP contribution in [0.3, 0.4) is 0 Å². The number of benzene rings is 2. The maximum atomic E-state index is 11.6. The van der Waals surface area contributed by atoms with E-state index in [-0.39, 0.29) is 29.0 Å². The van der Waals surface area contributed by atoms with Gasteiger partial charge < -0.3 is 9.47 Å². The Labute approximate surface area is 205 Å². The average molecular weight is 501 g/mol. The molecule has 0 saturated carbocycles. The van der Waals surface area contributed by atoms with E-state index in [4.69, 9.17) is 9.47 Å². The Morgan fingerprint density at radius 3 is 2.43 bits per heavy atom. The summed E-state index contributed by atoms with van der Waals surface area (Å²) >= 11 is 1.36. The van der Waals surface area contributed by atoms with Crippen molar-refractivity contribution >= 4 is 29.4 Å². The number of thioether (sulfide) groups is 1. The van der Waals surface area contributed by atoms with Gasteiger partial charge in [-0.15, -0.1) is 10.2 Å². The van der Waals surface area contributed by atoms with Crippen molar-refractivity contribution in [1.29, 1.82) is 0 Å². The molecule has 1 aromatic heterocycles. The van der Waals surface area contributed by atoms with Gasteiger partial charge in [0, 0.05) is 35.9 Å². The molecule has 0 atom stereocenters. The summed E-state index contributed by atoms with van der Waals surface area (Å²) in [6.45, 7) is 5.45. The van der Waals surface area contributed by atoms with E-state index < -0.39 is 9.85 Å². The highest BCUT2D eigenvalue weighted by atomic mass is 32.2. The molecule has 0 N–H and O–H groups in total. The van der Waals surface area contributed by atoms with Gasteiger partial charge in [0.05, 0.1) is 29.3 Å². The van der Waals surface area contributed by atoms with Crippen molar-refractivity contribution < 1.29 is 19.3 Å². The van der Waals surface area contributed by atoms with E-state index in [2.05, 4.69) is 15.3 Å². The molecule has 0 spiro atoms. The molecule has 12 nitrogen and oxygen atoms in total. The highest BCUT2D eigenvalue weighted by Crippen LogP contribution is 2.38. The number of hydrogen-bond acceptors (Lipinski definition) is 10. The van der Waals surface area contributed by atoms with Crippen LogP contribution >= 0.6 is 11.8 Å². The van der Waals surface area contributed by atoms with Crippen LogP contribution < -0.4 is 9.47 Å². The summed E-state index contributed by atoms with van der Waals surface area (Å²) in [4.78, 5) is 21.5. The zero-order valence-corrected chi connectivity index (χ0v) is 20.4. The molecule has 0 amide bonds. The normalized spacial score (nSPS) is 11.2. The minimum atomic E-state index is -0.528. The third-order valence-electron chi connectivity index (χ3n) is 4.66. The van der Waals surface area contributed by atoms with E-state index in [1.807, 2.05) is 6.92 Å². The highest BCUT2D eigenvalue weighted by Gasteiger charge is 2.23. The van der Waals surface area contributed by atoms with Crippen molar-refractivity contribution in [2.24, 2.45) is 5.10 Å². The van der Waals surface area contributed by atoms with E-state index in [9.17, 15) is 20.2 Å². The smallest absolute Gasteiger partial charge is 0.315 e. The summed E-state index contributed by atoms with van der Waals surface area (Å²) in [7, 11) is 1.41. The van der Waals surface area contributed by atoms with E-state index in [0.717, 1.165) is 5.56 Å². The molecule has 1 heterocycles. The van der Waals surface area contributed by atoms with Crippen LogP contribution in [-0.2, 0) is 12.2 Å². The van der Waals surface area contributed by atoms with Crippen LogP contribution in [0.1, 0.15) is 37.7 Å². The van der Waals surface area contributed by atoms with Crippen LogP contribution in [0.2, 0.25) is 0 Å². The number of ether oxygens (including phenoxy) is 2. The molecular weight excluding hydrogens is 476 g/mol. The zero-order chi connectivity index (χ0) is 25.5. The molecule has 13 heteroatoms. The maximum Gasteiger partial charge on any atom is 0.315 e. The molecule has 3 aromatic rings. The fourth-order valence-corrected chi connectivity index (χ4v) is 3.89. The van der Waals surface area contributed by atoms with E-state index >= 15 is 0 Å². The van der Waals surface area contributed by atoms with E-state index in [0.29, 0.717) is 28.7 Å². The number of nitro groups is 2. The largest absolute Gasteiger partial charge is 0.493 e. The van der Waals surface area contributed by atoms with Crippen molar-refractivity contribution in [3.05, 3.63) is 73.6 Å². The van der Waals surface area contributed by atoms with Gasteiger partial charge in [-0.2, -0.15) is 9.78 Å². The number of nitro benzene ring substituents is 2. The standard InChI is InChI=1S/C22H24N6O6S/c1-5-20-24-25-22(35-13-15-6-8-17(9-7-15)27(29)30)26(20)23-12-16-10-18(28(31)32)21(34-14(2)3)19(11-16)33-4/h6-12,14H,5,13H2,1-4H3/b23-12-. The monoisotopic (exact) mass is 500 g/mol. The molecule has 184 valence electrons. The lowest BCUT2D eigenvalue weighted by molar-refractivity contribution is -0.386. The van der Waals surface area contributed by atoms with Gasteiger partial charge in [-0.05, 0) is 25.5 Å². The minimum Gasteiger partial charge on any atom is -0.493 e. The van der Waals surface area contributed by atoms with Gasteiger partial charge in [0.15, 0.2) is 11.6 Å². The quantitative estimate of drug-likeness (QED) is 0.159. The topological polar surface area (TPSA) is 148 Å². The lowest BCUT2D eigenvalue weighted by atomic mass is 10.2. The first-order valence-corrected chi connectivity index (χ1v) is 11.6. The van der Waals surface area contributed by atoms with Crippen LogP contribution in [0.15, 0.2) is 46.7 Å². The van der Waals surface area contributed by atoms with Gasteiger partial charge in [0.25, 0.3) is 5.69 Å². The van der Waals surface area contributed by atoms with Gasteiger partial charge >= 0.3 is 5.69 Å². The van der Waals surface area contributed by atoms with Crippen LogP contribution in [0.25, 0.3) is 0 Å². The molecule has 0 aliphatic carbocycles. The maximum absolute atomic E-state index is 11.6. The van der Waals surface area contributed by atoms with Crippen molar-refractivity contribution in [3.8, 4) is 11.5 Å². The molecule has 0 saturated heterocycles. The van der Waals surface area contributed by atoms with Gasteiger partial charge in [-0.3, -0.25) is 20.2 Å². The lowest BCUT2D eigenvalue weighted by Gasteiger charge is -2.14. The second-order valence-corrected chi connectivity index (χ2v) is 8.46. The summed E-state index contributed by atoms with van der Waals surface area (Å²) < 4.78 is 12.5. The first-order valence-electron chi connectivity index (χ1n) is 10.6. The SMILES string of the molecule is CCc1nnc(SCc2ccc([N+](=O)[O-])cc2)n1/N=C\c1cc(OC)c(OC(C)C)c([N+](=O)[O-])c1. The number of methoxy groups -OCH3 is 1. The number of aromatic nitrogens is 3. The van der Waals surface area contributed by atoms with E-state index in [1.54, 1.807) is 36.7 Å². The number of rotatable bonds is 11. The Hall–Kier alpha value is -4.00. The van der Waals surface area contributed by atoms with Crippen LogP contribution in [0, 0.1) is 20.2 Å². The Balaban J connectivity index is 1.88. The Morgan fingerprint density at radius 1 is 1.14 bits per heavy atom. The van der Waals surface area contributed by atoms with Crippen LogP contribution in [0.5, 0.6) is 11.5 Å². The molecular formula is C22H24N6O6S. The predicted molar refractivity (Wildman–Crippen MR) is 130 cm³/mol. The first kappa shape index (κ1) is 25.6. The molecule has 0 bridgehead atoms. The van der Waals surface area contributed by atoms with Gasteiger partial charge in [-0.25, -0.2) is 0 Å².